The van der Waals surface area contributed by atoms with Gasteiger partial charge in [-0.2, -0.15) is 0 Å². The quantitative estimate of drug-likeness (QED) is 0.372. The van der Waals surface area contributed by atoms with Crippen molar-refractivity contribution < 1.29 is 4.74 Å². The van der Waals surface area contributed by atoms with E-state index in [9.17, 15) is 0 Å². The first-order valence-electron chi connectivity index (χ1n) is 9.03. The molecular weight excluding hydrogens is 463 g/mol. The molecule has 0 aliphatic carbocycles. The van der Waals surface area contributed by atoms with E-state index in [1.165, 1.54) is 0 Å². The third-order valence-corrected chi connectivity index (χ3v) is 4.35. The van der Waals surface area contributed by atoms with Gasteiger partial charge in [0, 0.05) is 30.2 Å². The Balaban J connectivity index is 0.00000338. The molecule has 0 bridgehead atoms. The van der Waals surface area contributed by atoms with Crippen LogP contribution in [0.25, 0.3) is 0 Å². The topological polar surface area (TPSA) is 48.9 Å². The van der Waals surface area contributed by atoms with Crippen LogP contribution in [0.4, 0.5) is 0 Å². The zero-order chi connectivity index (χ0) is 18.3. The zero-order valence-corrected chi connectivity index (χ0v) is 19.3. The number of nitrogens with zero attached hydrogens (tertiary/aromatic N) is 2. The maximum atomic E-state index is 6.48. The predicted octanol–water partition coefficient (Wildman–Crippen LogP) is 3.68. The summed E-state index contributed by atoms with van der Waals surface area (Å²) in [5.41, 5.74) is 1.08. The molecule has 1 heterocycles. The first-order chi connectivity index (χ1) is 11.9. The van der Waals surface area contributed by atoms with E-state index in [-0.39, 0.29) is 35.6 Å². The molecule has 1 aliphatic rings. The highest BCUT2D eigenvalue weighted by Crippen LogP contribution is 2.28. The molecule has 0 radical (unpaired) electrons. The zero-order valence-electron chi connectivity index (χ0n) is 16.2. The number of hydrogen-bond donors (Lipinski definition) is 2. The molecule has 1 atom stereocenters. The predicted molar refractivity (Wildman–Crippen MR) is 121 cm³/mol. The van der Waals surface area contributed by atoms with Gasteiger partial charge in [0.05, 0.1) is 25.8 Å². The second-order valence-electron chi connectivity index (χ2n) is 7.28. The molecule has 1 aliphatic heterocycles. The van der Waals surface area contributed by atoms with E-state index >= 15 is 0 Å². The summed E-state index contributed by atoms with van der Waals surface area (Å²) in [7, 11) is 0. The summed E-state index contributed by atoms with van der Waals surface area (Å²) in [5, 5.41) is 7.56. The van der Waals surface area contributed by atoms with Gasteiger partial charge >= 0.3 is 0 Å². The lowest BCUT2D eigenvalue weighted by Gasteiger charge is -2.34. The fourth-order valence-corrected chi connectivity index (χ4v) is 3.15. The molecule has 1 saturated heterocycles. The lowest BCUT2D eigenvalue weighted by Crippen LogP contribution is -2.48. The van der Waals surface area contributed by atoms with Crippen molar-refractivity contribution >= 4 is 41.5 Å². The van der Waals surface area contributed by atoms with Gasteiger partial charge in [0.25, 0.3) is 0 Å². The minimum absolute atomic E-state index is 0. The van der Waals surface area contributed by atoms with Crippen LogP contribution in [-0.2, 0) is 4.74 Å². The fraction of sp³-hybridized carbons (Fsp3) is 0.632. The minimum atomic E-state index is -0.0418. The number of nitrogens with one attached hydrogen (secondary N) is 2. The molecule has 1 aromatic carbocycles. The number of aliphatic imine (C=N–C) groups is 1. The molecule has 148 valence electrons. The number of hydrogen-bond acceptors (Lipinski definition) is 3. The number of rotatable bonds is 5. The third kappa shape index (κ3) is 7.58. The van der Waals surface area contributed by atoms with Gasteiger partial charge in [-0.1, -0.05) is 29.8 Å². The van der Waals surface area contributed by atoms with Gasteiger partial charge in [-0.05, 0) is 39.3 Å². The van der Waals surface area contributed by atoms with Gasteiger partial charge in [-0.25, -0.2) is 0 Å². The first-order valence-corrected chi connectivity index (χ1v) is 9.41. The summed E-state index contributed by atoms with van der Waals surface area (Å²) in [6, 6.07) is 8.20. The lowest BCUT2D eigenvalue weighted by atomic mass is 10.0. The second-order valence-corrected chi connectivity index (χ2v) is 7.69. The maximum absolute atomic E-state index is 6.48. The van der Waals surface area contributed by atoms with Crippen molar-refractivity contribution in [2.45, 2.75) is 39.3 Å². The molecule has 5 nitrogen and oxygen atoms in total. The number of morpholine rings is 1. The average Bonchev–Trinajstić information content (AvgIpc) is 2.56. The summed E-state index contributed by atoms with van der Waals surface area (Å²) in [6.07, 6.45) is 0. The van der Waals surface area contributed by atoms with Crippen LogP contribution < -0.4 is 10.6 Å². The van der Waals surface area contributed by atoms with Crippen LogP contribution in [-0.4, -0.2) is 55.8 Å². The van der Waals surface area contributed by atoms with Crippen LogP contribution >= 0.6 is 35.6 Å². The van der Waals surface area contributed by atoms with Crippen LogP contribution in [0.1, 0.15) is 39.3 Å². The summed E-state index contributed by atoms with van der Waals surface area (Å²) >= 11 is 6.48. The highest BCUT2D eigenvalue weighted by Gasteiger charge is 2.24. The van der Waals surface area contributed by atoms with E-state index in [4.69, 9.17) is 21.3 Å². The van der Waals surface area contributed by atoms with E-state index in [1.54, 1.807) is 0 Å². The monoisotopic (exact) mass is 494 g/mol. The van der Waals surface area contributed by atoms with Crippen LogP contribution in [0.5, 0.6) is 0 Å². The van der Waals surface area contributed by atoms with E-state index < -0.39 is 0 Å². The Labute approximate surface area is 179 Å². The molecule has 2 N–H and O–H groups in total. The Bertz CT molecular complexity index is 571. The molecular formula is C19H32ClIN4O. The molecule has 0 aromatic heterocycles. The standard InChI is InChI=1S/C19H31ClN4O.HI/c1-5-21-18(23-19(2,3)4)22-14-17(24-10-12-25-13-11-24)15-8-6-7-9-16(15)20;/h6-9,17H,5,10-14H2,1-4H3,(H2,21,22,23);1H. The molecule has 0 amide bonds. The fourth-order valence-electron chi connectivity index (χ4n) is 2.89. The second kappa shape index (κ2) is 11.3. The maximum Gasteiger partial charge on any atom is 0.191 e. The molecule has 1 unspecified atom stereocenters. The van der Waals surface area contributed by atoms with Crippen LogP contribution in [0.3, 0.4) is 0 Å². The largest absolute Gasteiger partial charge is 0.379 e. The summed E-state index contributed by atoms with van der Waals surface area (Å²) < 4.78 is 5.51. The van der Waals surface area contributed by atoms with E-state index in [0.717, 1.165) is 49.4 Å². The van der Waals surface area contributed by atoms with Crippen LogP contribution in [0, 0.1) is 0 Å². The van der Waals surface area contributed by atoms with Gasteiger partial charge in [0.15, 0.2) is 5.96 Å². The highest BCUT2D eigenvalue weighted by atomic mass is 127. The summed E-state index contributed by atoms with van der Waals surface area (Å²) in [4.78, 5) is 7.26. The van der Waals surface area contributed by atoms with Crippen molar-refractivity contribution in [3.05, 3.63) is 34.9 Å². The smallest absolute Gasteiger partial charge is 0.191 e. The molecule has 0 spiro atoms. The average molecular weight is 495 g/mol. The Kier molecular flexibility index (Phi) is 10.2. The molecule has 26 heavy (non-hydrogen) atoms. The Morgan fingerprint density at radius 1 is 1.27 bits per heavy atom. The normalized spacial score (nSPS) is 17.3. The van der Waals surface area contributed by atoms with Crippen LogP contribution in [0.15, 0.2) is 29.3 Å². The molecule has 1 fully saturated rings. The highest BCUT2D eigenvalue weighted by molar-refractivity contribution is 14.0. The molecule has 0 saturated carbocycles. The number of benzene rings is 1. The molecule has 1 aromatic rings. The van der Waals surface area contributed by atoms with E-state index in [0.29, 0.717) is 6.54 Å². The van der Waals surface area contributed by atoms with Gasteiger partial charge in [0.1, 0.15) is 0 Å². The van der Waals surface area contributed by atoms with Crippen LogP contribution in [0.2, 0.25) is 5.02 Å². The Hall–Kier alpha value is -0.570. The number of halogens is 2. The lowest BCUT2D eigenvalue weighted by molar-refractivity contribution is 0.0180. The summed E-state index contributed by atoms with van der Waals surface area (Å²) in [5.74, 6) is 0.834. The van der Waals surface area contributed by atoms with Crippen molar-refractivity contribution in [2.24, 2.45) is 4.99 Å². The van der Waals surface area contributed by atoms with E-state index in [1.807, 2.05) is 18.2 Å². The SMILES string of the molecule is CCNC(=NCC(c1ccccc1Cl)N1CCOCC1)NC(C)(C)C.I. The summed E-state index contributed by atoms with van der Waals surface area (Å²) in [6.45, 7) is 13.3. The number of guanidine groups is 1. The van der Waals surface area contributed by atoms with Crippen molar-refractivity contribution in [3.63, 3.8) is 0 Å². The van der Waals surface area contributed by atoms with E-state index in [2.05, 4.69) is 49.3 Å². The molecule has 7 heteroatoms. The first kappa shape index (κ1) is 23.5. The van der Waals surface area contributed by atoms with Gasteiger partial charge in [-0.15, -0.1) is 24.0 Å². The number of ether oxygens (including phenoxy) is 1. The van der Waals surface area contributed by atoms with Crippen molar-refractivity contribution in [3.8, 4) is 0 Å². The Morgan fingerprint density at radius 3 is 2.50 bits per heavy atom. The Morgan fingerprint density at radius 2 is 1.92 bits per heavy atom. The minimum Gasteiger partial charge on any atom is -0.379 e. The van der Waals surface area contributed by atoms with Gasteiger partial charge in [-0.3, -0.25) is 9.89 Å². The van der Waals surface area contributed by atoms with Crippen molar-refractivity contribution in [1.29, 1.82) is 0 Å². The van der Waals surface area contributed by atoms with Crippen molar-refractivity contribution in [2.75, 3.05) is 39.4 Å². The third-order valence-electron chi connectivity index (χ3n) is 4.01. The van der Waals surface area contributed by atoms with Gasteiger partial charge in [0.2, 0.25) is 0 Å². The molecule has 2 rings (SSSR count). The van der Waals surface area contributed by atoms with Crippen molar-refractivity contribution in [1.82, 2.24) is 15.5 Å². The van der Waals surface area contributed by atoms with Gasteiger partial charge < -0.3 is 15.4 Å².